The number of carboxylic acids is 1. The highest BCUT2D eigenvalue weighted by molar-refractivity contribution is 8.00. The van der Waals surface area contributed by atoms with Gasteiger partial charge in [-0.1, -0.05) is 17.7 Å². The van der Waals surface area contributed by atoms with Crippen LogP contribution in [0.5, 0.6) is 5.75 Å². The van der Waals surface area contributed by atoms with E-state index in [4.69, 9.17) is 16.3 Å². The van der Waals surface area contributed by atoms with Crippen molar-refractivity contribution < 1.29 is 19.7 Å². The second-order valence-electron chi connectivity index (χ2n) is 8.52. The standard InChI is InChI=1S/C22H19ClN2O4S/c23-16-7-18(29-22-9-21(28,10-22)11-22)17(5-14(16)8-24)25-30-19-6-13(20(26)27)3-4-15(19)12-1-2-12/h3-7,12,25,28H,1-2,9-11H2,(H,26,27). The van der Waals surface area contributed by atoms with Crippen molar-refractivity contribution in [3.05, 3.63) is 52.0 Å². The number of nitrogens with one attached hydrogen (secondary N) is 1. The first-order chi connectivity index (χ1) is 14.3. The first-order valence-electron chi connectivity index (χ1n) is 9.75. The number of carbonyl (C=O) groups is 1. The number of rotatable bonds is 7. The molecule has 4 fully saturated rings. The minimum Gasteiger partial charge on any atom is -0.485 e. The predicted molar refractivity (Wildman–Crippen MR) is 113 cm³/mol. The van der Waals surface area contributed by atoms with Gasteiger partial charge in [0.2, 0.25) is 0 Å². The molecule has 4 aliphatic carbocycles. The summed E-state index contributed by atoms with van der Waals surface area (Å²) >= 11 is 7.54. The maximum absolute atomic E-state index is 11.4. The highest BCUT2D eigenvalue weighted by Crippen LogP contribution is 2.62. The van der Waals surface area contributed by atoms with Gasteiger partial charge in [-0.05, 0) is 54.5 Å². The molecule has 0 aliphatic heterocycles. The number of hydrogen-bond acceptors (Lipinski definition) is 6. The van der Waals surface area contributed by atoms with Crippen LogP contribution in [0.25, 0.3) is 0 Å². The van der Waals surface area contributed by atoms with Crippen molar-refractivity contribution in [1.82, 2.24) is 0 Å². The Bertz CT molecular complexity index is 1090. The molecule has 8 heteroatoms. The number of benzene rings is 2. The SMILES string of the molecule is N#Cc1cc(NSc2cc(C(=O)O)ccc2C2CC2)c(OC23CC(O)(C2)C3)cc1Cl. The number of ether oxygens (including phenoxy) is 1. The number of aromatic carboxylic acids is 1. The van der Waals surface area contributed by atoms with Gasteiger partial charge < -0.3 is 19.7 Å². The molecule has 6 rings (SSSR count). The van der Waals surface area contributed by atoms with E-state index in [1.54, 1.807) is 24.3 Å². The summed E-state index contributed by atoms with van der Waals surface area (Å²) in [6, 6.07) is 10.5. The molecule has 0 radical (unpaired) electrons. The van der Waals surface area contributed by atoms with Gasteiger partial charge in [0.05, 0.1) is 27.4 Å². The Kier molecular flexibility index (Phi) is 4.44. The molecule has 0 heterocycles. The third kappa shape index (κ3) is 3.39. The average Bonchev–Trinajstić information content (AvgIpc) is 3.50. The van der Waals surface area contributed by atoms with Crippen LogP contribution in [-0.4, -0.2) is 27.4 Å². The van der Waals surface area contributed by atoms with E-state index in [2.05, 4.69) is 10.8 Å². The summed E-state index contributed by atoms with van der Waals surface area (Å²) in [6.45, 7) is 0. The van der Waals surface area contributed by atoms with E-state index < -0.39 is 11.6 Å². The van der Waals surface area contributed by atoms with Crippen LogP contribution < -0.4 is 9.46 Å². The van der Waals surface area contributed by atoms with Crippen LogP contribution in [-0.2, 0) is 0 Å². The van der Waals surface area contributed by atoms with Gasteiger partial charge in [-0.15, -0.1) is 0 Å². The lowest BCUT2D eigenvalue weighted by Crippen LogP contribution is -2.74. The molecule has 6 nitrogen and oxygen atoms in total. The van der Waals surface area contributed by atoms with Crippen molar-refractivity contribution in [3.8, 4) is 11.8 Å². The largest absolute Gasteiger partial charge is 0.485 e. The van der Waals surface area contributed by atoms with Gasteiger partial charge in [-0.25, -0.2) is 4.79 Å². The summed E-state index contributed by atoms with van der Waals surface area (Å²) in [5, 5.41) is 29.0. The van der Waals surface area contributed by atoms with E-state index >= 15 is 0 Å². The van der Waals surface area contributed by atoms with Crippen LogP contribution in [0.15, 0.2) is 35.2 Å². The number of carboxylic acid groups (broad SMARTS) is 1. The zero-order valence-electron chi connectivity index (χ0n) is 15.9. The minimum atomic E-state index is -0.969. The van der Waals surface area contributed by atoms with E-state index in [0.29, 0.717) is 47.2 Å². The van der Waals surface area contributed by atoms with Gasteiger partial charge in [0.1, 0.15) is 17.4 Å². The molecule has 3 N–H and O–H groups in total. The number of halogens is 1. The number of anilines is 1. The zero-order chi connectivity index (χ0) is 21.1. The Morgan fingerprint density at radius 3 is 2.60 bits per heavy atom. The highest BCUT2D eigenvalue weighted by atomic mass is 35.5. The molecule has 2 aromatic rings. The normalized spacial score (nSPS) is 26.2. The first kappa shape index (κ1) is 19.6. The maximum atomic E-state index is 11.4. The van der Waals surface area contributed by atoms with Crippen molar-refractivity contribution in [3.63, 3.8) is 0 Å². The fourth-order valence-corrected chi connectivity index (χ4v) is 5.50. The number of aliphatic hydroxyl groups is 1. The number of nitrogens with zero attached hydrogens (tertiary/aromatic N) is 1. The number of hydrogen-bond donors (Lipinski definition) is 3. The molecule has 0 atom stereocenters. The van der Waals surface area contributed by atoms with Crippen LogP contribution in [0.4, 0.5) is 5.69 Å². The van der Waals surface area contributed by atoms with Gasteiger partial charge in [0.15, 0.2) is 0 Å². The van der Waals surface area contributed by atoms with E-state index in [0.717, 1.165) is 23.3 Å². The predicted octanol–water partition coefficient (Wildman–Crippen LogP) is 4.95. The molecule has 2 bridgehead atoms. The summed E-state index contributed by atoms with van der Waals surface area (Å²) in [4.78, 5) is 12.2. The molecular weight excluding hydrogens is 424 g/mol. The molecule has 0 saturated heterocycles. The van der Waals surface area contributed by atoms with Crippen molar-refractivity contribution in [2.75, 3.05) is 4.72 Å². The maximum Gasteiger partial charge on any atom is 0.335 e. The Morgan fingerprint density at radius 1 is 1.27 bits per heavy atom. The molecule has 2 aromatic carbocycles. The van der Waals surface area contributed by atoms with Gasteiger partial charge in [-0.2, -0.15) is 5.26 Å². The lowest BCUT2D eigenvalue weighted by atomic mass is 9.48. The lowest BCUT2D eigenvalue weighted by Gasteiger charge is -2.66. The van der Waals surface area contributed by atoms with Crippen LogP contribution >= 0.6 is 23.5 Å². The summed E-state index contributed by atoms with van der Waals surface area (Å²) in [5.41, 5.74) is 1.32. The molecule has 4 saturated carbocycles. The van der Waals surface area contributed by atoms with Crippen molar-refractivity contribution >= 4 is 35.2 Å². The Balaban J connectivity index is 1.42. The van der Waals surface area contributed by atoms with E-state index in [1.165, 1.54) is 11.9 Å². The first-order valence-corrected chi connectivity index (χ1v) is 10.9. The smallest absolute Gasteiger partial charge is 0.335 e. The zero-order valence-corrected chi connectivity index (χ0v) is 17.5. The number of nitriles is 1. The highest BCUT2D eigenvalue weighted by Gasteiger charge is 2.70. The lowest BCUT2D eigenvalue weighted by molar-refractivity contribution is -0.284. The second kappa shape index (κ2) is 6.81. The van der Waals surface area contributed by atoms with Crippen molar-refractivity contribution in [2.24, 2.45) is 0 Å². The molecule has 0 aromatic heterocycles. The Hall–Kier alpha value is -2.40. The second-order valence-corrected chi connectivity index (χ2v) is 9.77. The fraction of sp³-hybridized carbons (Fsp3) is 0.364. The van der Waals surface area contributed by atoms with E-state index in [9.17, 15) is 20.3 Å². The Labute approximate surface area is 182 Å². The molecule has 0 unspecified atom stereocenters. The third-order valence-electron chi connectivity index (χ3n) is 6.02. The minimum absolute atomic E-state index is 0.233. The molecular formula is C22H19ClN2O4S. The van der Waals surface area contributed by atoms with E-state index in [-0.39, 0.29) is 11.2 Å². The van der Waals surface area contributed by atoms with Gasteiger partial charge in [-0.3, -0.25) is 0 Å². The average molecular weight is 443 g/mol. The van der Waals surface area contributed by atoms with E-state index in [1.807, 2.05) is 6.07 Å². The topological polar surface area (TPSA) is 103 Å². The summed E-state index contributed by atoms with van der Waals surface area (Å²) in [7, 11) is 0. The molecule has 4 aliphatic rings. The van der Waals surface area contributed by atoms with Crippen LogP contribution in [0.2, 0.25) is 5.02 Å². The van der Waals surface area contributed by atoms with Gasteiger partial charge in [0.25, 0.3) is 0 Å². The van der Waals surface area contributed by atoms with Crippen LogP contribution in [0.1, 0.15) is 59.5 Å². The van der Waals surface area contributed by atoms with Crippen LogP contribution in [0, 0.1) is 11.3 Å². The molecule has 30 heavy (non-hydrogen) atoms. The molecule has 154 valence electrons. The van der Waals surface area contributed by atoms with Gasteiger partial charge >= 0.3 is 5.97 Å². The summed E-state index contributed by atoms with van der Waals surface area (Å²) < 4.78 is 9.44. The molecule has 0 spiro atoms. The summed E-state index contributed by atoms with van der Waals surface area (Å²) in [5.74, 6) is 0.00733. The van der Waals surface area contributed by atoms with Crippen molar-refractivity contribution in [1.29, 1.82) is 5.26 Å². The quantitative estimate of drug-likeness (QED) is 0.521. The van der Waals surface area contributed by atoms with Gasteiger partial charge in [0, 0.05) is 30.2 Å². The summed E-state index contributed by atoms with van der Waals surface area (Å²) in [6.07, 6.45) is 3.97. The van der Waals surface area contributed by atoms with Crippen molar-refractivity contribution in [2.45, 2.75) is 54.1 Å². The Morgan fingerprint density at radius 2 is 2.00 bits per heavy atom. The monoisotopic (exact) mass is 442 g/mol. The molecule has 0 amide bonds. The fourth-order valence-electron chi connectivity index (χ4n) is 4.39. The third-order valence-corrected chi connectivity index (χ3v) is 7.23. The van der Waals surface area contributed by atoms with Crippen LogP contribution in [0.3, 0.4) is 0 Å².